The molecule has 0 bridgehead atoms. The van der Waals surface area contributed by atoms with Crippen molar-refractivity contribution in [3.63, 3.8) is 0 Å². The highest BCUT2D eigenvalue weighted by Gasteiger charge is 2.41. The molecule has 2 aliphatic carbocycles. The van der Waals surface area contributed by atoms with Crippen LogP contribution in [0.1, 0.15) is 54.4 Å². The average molecular weight is 377 g/mol. The van der Waals surface area contributed by atoms with Gasteiger partial charge in [0.05, 0.1) is 0 Å². The van der Waals surface area contributed by atoms with Gasteiger partial charge in [-0.1, -0.05) is 97.9 Å². The molecule has 3 aromatic rings. The van der Waals surface area contributed by atoms with Gasteiger partial charge in [-0.05, 0) is 58.6 Å². The Hall–Kier alpha value is -2.86. The predicted molar refractivity (Wildman–Crippen MR) is 124 cm³/mol. The molecule has 0 N–H and O–H groups in total. The number of hydrogen-bond acceptors (Lipinski definition) is 0. The minimum absolute atomic E-state index is 0.0551. The molecular weight excluding hydrogens is 348 g/mol. The van der Waals surface area contributed by atoms with Crippen molar-refractivity contribution in [3.05, 3.63) is 114 Å². The van der Waals surface area contributed by atoms with E-state index < -0.39 is 0 Å². The van der Waals surface area contributed by atoms with Crippen molar-refractivity contribution in [2.75, 3.05) is 0 Å². The van der Waals surface area contributed by atoms with Crippen molar-refractivity contribution in [2.45, 2.75) is 37.5 Å². The Morgan fingerprint density at radius 3 is 2.17 bits per heavy atom. The van der Waals surface area contributed by atoms with Gasteiger partial charge in [0.1, 0.15) is 0 Å². The molecular formula is C29H28. The molecule has 144 valence electrons. The SMILES string of the molecule is C=CC(CC)C1(CCC2c3ccccc3-c3ccccc32)C=Cc2ccccc21. The molecule has 0 fully saturated rings. The second-order valence-electron chi connectivity index (χ2n) is 8.48. The maximum Gasteiger partial charge on any atom is 0.0204 e. The van der Waals surface area contributed by atoms with Gasteiger partial charge in [-0.15, -0.1) is 6.58 Å². The van der Waals surface area contributed by atoms with Gasteiger partial charge < -0.3 is 0 Å². The first-order chi connectivity index (χ1) is 14.3. The van der Waals surface area contributed by atoms with E-state index in [1.54, 1.807) is 0 Å². The van der Waals surface area contributed by atoms with Crippen LogP contribution < -0.4 is 0 Å². The standard InChI is InChI=1S/C29H28/c1-3-22(4-2)29(19-17-21-11-5-10-16-28(21)29)20-18-27-25-14-8-6-12-23(25)24-13-7-9-15-26(24)27/h3,5-17,19,22,27H,1,4,18,20H2,2H3. The van der Waals surface area contributed by atoms with Crippen LogP contribution >= 0.6 is 0 Å². The van der Waals surface area contributed by atoms with Gasteiger partial charge in [0.15, 0.2) is 0 Å². The molecule has 0 aromatic heterocycles. The quantitative estimate of drug-likeness (QED) is 0.386. The van der Waals surface area contributed by atoms with E-state index in [1.165, 1.54) is 33.4 Å². The van der Waals surface area contributed by atoms with Crippen LogP contribution in [0.2, 0.25) is 0 Å². The van der Waals surface area contributed by atoms with E-state index in [2.05, 4.69) is 105 Å². The van der Waals surface area contributed by atoms with Gasteiger partial charge in [0.2, 0.25) is 0 Å². The van der Waals surface area contributed by atoms with Gasteiger partial charge in [-0.2, -0.15) is 0 Å². The highest BCUT2D eigenvalue weighted by atomic mass is 14.4. The monoisotopic (exact) mass is 376 g/mol. The second-order valence-corrected chi connectivity index (χ2v) is 8.48. The molecule has 0 spiro atoms. The first-order valence-electron chi connectivity index (χ1n) is 10.9. The molecule has 0 saturated carbocycles. The normalized spacial score (nSPS) is 20.2. The molecule has 0 nitrogen and oxygen atoms in total. The molecule has 2 aliphatic rings. The molecule has 2 atom stereocenters. The van der Waals surface area contributed by atoms with Gasteiger partial charge in [0, 0.05) is 11.3 Å². The lowest BCUT2D eigenvalue weighted by molar-refractivity contribution is 0.350. The molecule has 0 saturated heterocycles. The van der Waals surface area contributed by atoms with E-state index in [1.807, 2.05) is 0 Å². The zero-order valence-electron chi connectivity index (χ0n) is 17.1. The van der Waals surface area contributed by atoms with Crippen LogP contribution in [0, 0.1) is 5.92 Å². The maximum atomic E-state index is 4.21. The Labute approximate surface area is 174 Å². The molecule has 0 amide bonds. The number of rotatable bonds is 6. The molecule has 5 rings (SSSR count). The number of benzene rings is 3. The van der Waals surface area contributed by atoms with E-state index in [9.17, 15) is 0 Å². The zero-order valence-corrected chi connectivity index (χ0v) is 17.1. The molecule has 0 radical (unpaired) electrons. The number of allylic oxidation sites excluding steroid dienone is 2. The highest BCUT2D eigenvalue weighted by Crippen LogP contribution is 2.52. The Balaban J connectivity index is 1.54. The van der Waals surface area contributed by atoms with E-state index in [0.29, 0.717) is 11.8 Å². The van der Waals surface area contributed by atoms with Crippen molar-refractivity contribution >= 4 is 6.08 Å². The third-order valence-electron chi connectivity index (χ3n) is 7.22. The average Bonchev–Trinajstić information content (AvgIpc) is 3.30. The summed E-state index contributed by atoms with van der Waals surface area (Å²) in [5.74, 6) is 0.928. The molecule has 2 unspecified atom stereocenters. The van der Waals surface area contributed by atoms with Crippen LogP contribution in [0.3, 0.4) is 0 Å². The van der Waals surface area contributed by atoms with Crippen molar-refractivity contribution < 1.29 is 0 Å². The first-order valence-corrected chi connectivity index (χ1v) is 10.9. The lowest BCUT2D eigenvalue weighted by Crippen LogP contribution is -2.31. The smallest absolute Gasteiger partial charge is 0.0204 e. The predicted octanol–water partition coefficient (Wildman–Crippen LogP) is 7.76. The summed E-state index contributed by atoms with van der Waals surface area (Å²) < 4.78 is 0. The summed E-state index contributed by atoms with van der Waals surface area (Å²) in [5, 5.41) is 0. The van der Waals surface area contributed by atoms with Crippen LogP contribution in [0.25, 0.3) is 17.2 Å². The molecule has 0 aliphatic heterocycles. The first kappa shape index (κ1) is 18.2. The Kier molecular flexibility index (Phi) is 4.51. The van der Waals surface area contributed by atoms with Gasteiger partial charge >= 0.3 is 0 Å². The number of fused-ring (bicyclic) bond motifs is 4. The fourth-order valence-corrected chi connectivity index (χ4v) is 5.82. The molecule has 3 aromatic carbocycles. The van der Waals surface area contributed by atoms with E-state index in [-0.39, 0.29) is 5.41 Å². The summed E-state index contributed by atoms with van der Waals surface area (Å²) >= 11 is 0. The summed E-state index contributed by atoms with van der Waals surface area (Å²) in [5.41, 5.74) is 8.72. The molecule has 0 heterocycles. The minimum atomic E-state index is 0.0551. The van der Waals surface area contributed by atoms with Gasteiger partial charge in [-0.3, -0.25) is 0 Å². The fourth-order valence-electron chi connectivity index (χ4n) is 5.82. The fraction of sp³-hybridized carbons (Fsp3) is 0.241. The van der Waals surface area contributed by atoms with E-state index in [0.717, 1.165) is 19.3 Å². The summed E-state index contributed by atoms with van der Waals surface area (Å²) in [6.07, 6.45) is 10.4. The largest absolute Gasteiger partial charge is 0.103 e. The summed E-state index contributed by atoms with van der Waals surface area (Å²) in [7, 11) is 0. The Bertz CT molecular complexity index is 1040. The molecule has 0 heteroatoms. The third-order valence-corrected chi connectivity index (χ3v) is 7.22. The van der Waals surface area contributed by atoms with Crippen LogP contribution in [0.4, 0.5) is 0 Å². The van der Waals surface area contributed by atoms with Crippen molar-refractivity contribution in [1.29, 1.82) is 0 Å². The van der Waals surface area contributed by atoms with Crippen LogP contribution in [0.5, 0.6) is 0 Å². The summed E-state index contributed by atoms with van der Waals surface area (Å²) in [6.45, 7) is 6.51. The number of hydrogen-bond donors (Lipinski definition) is 0. The molecule has 29 heavy (non-hydrogen) atoms. The van der Waals surface area contributed by atoms with Crippen molar-refractivity contribution in [2.24, 2.45) is 5.92 Å². The van der Waals surface area contributed by atoms with E-state index >= 15 is 0 Å². The topological polar surface area (TPSA) is 0 Å². The second kappa shape index (κ2) is 7.19. The summed E-state index contributed by atoms with van der Waals surface area (Å²) in [6, 6.07) is 26.9. The van der Waals surface area contributed by atoms with E-state index in [4.69, 9.17) is 0 Å². The lowest BCUT2D eigenvalue weighted by Gasteiger charge is -2.37. The van der Waals surface area contributed by atoms with Crippen LogP contribution in [-0.2, 0) is 5.41 Å². The lowest BCUT2D eigenvalue weighted by atomic mass is 9.66. The van der Waals surface area contributed by atoms with Gasteiger partial charge in [-0.25, -0.2) is 0 Å². The van der Waals surface area contributed by atoms with Crippen molar-refractivity contribution in [1.82, 2.24) is 0 Å². The summed E-state index contributed by atoms with van der Waals surface area (Å²) in [4.78, 5) is 0. The zero-order chi connectivity index (χ0) is 19.8. The maximum absolute atomic E-state index is 4.21. The Morgan fingerprint density at radius 2 is 1.52 bits per heavy atom. The highest BCUT2D eigenvalue weighted by molar-refractivity contribution is 5.78. The van der Waals surface area contributed by atoms with Crippen molar-refractivity contribution in [3.8, 4) is 11.1 Å². The van der Waals surface area contributed by atoms with Gasteiger partial charge in [0.25, 0.3) is 0 Å². The van der Waals surface area contributed by atoms with Crippen LogP contribution in [-0.4, -0.2) is 0 Å². The van der Waals surface area contributed by atoms with Crippen LogP contribution in [0.15, 0.2) is 91.5 Å². The minimum Gasteiger partial charge on any atom is -0.103 e. The third kappa shape index (κ3) is 2.74. The Morgan fingerprint density at radius 1 is 0.897 bits per heavy atom.